The molecule has 0 spiro atoms. The van der Waals surface area contributed by atoms with Crippen molar-refractivity contribution in [2.75, 3.05) is 13.6 Å². The van der Waals surface area contributed by atoms with Gasteiger partial charge in [0.05, 0.1) is 10.6 Å². The molecule has 3 heterocycles. The van der Waals surface area contributed by atoms with Crippen molar-refractivity contribution in [2.24, 2.45) is 18.1 Å². The Labute approximate surface area is 157 Å². The maximum atomic E-state index is 12.9. The maximum absolute atomic E-state index is 12.9. The fourth-order valence-electron chi connectivity index (χ4n) is 3.18. The van der Waals surface area contributed by atoms with Gasteiger partial charge in [-0.1, -0.05) is 19.9 Å². The molecule has 0 saturated heterocycles. The van der Waals surface area contributed by atoms with Gasteiger partial charge in [-0.3, -0.25) is 9.59 Å². The monoisotopic (exact) mass is 372 g/mol. The van der Waals surface area contributed by atoms with Gasteiger partial charge in [0.2, 0.25) is 5.91 Å². The lowest BCUT2D eigenvalue weighted by Crippen LogP contribution is -2.40. The number of amides is 2. The second kappa shape index (κ2) is 7.45. The van der Waals surface area contributed by atoms with Crippen molar-refractivity contribution in [3.8, 4) is 0 Å². The van der Waals surface area contributed by atoms with Crippen LogP contribution in [0.25, 0.3) is 0 Å². The summed E-state index contributed by atoms with van der Waals surface area (Å²) in [4.78, 5) is 27.6. The molecule has 1 unspecified atom stereocenters. The molecule has 2 aromatic heterocycles. The Hall–Kier alpha value is -2.41. The van der Waals surface area contributed by atoms with Crippen LogP contribution in [0, 0.1) is 5.92 Å². The lowest BCUT2D eigenvalue weighted by atomic mass is 10.1. The summed E-state index contributed by atoms with van der Waals surface area (Å²) in [7, 11) is 3.63. The van der Waals surface area contributed by atoms with Crippen LogP contribution >= 0.6 is 11.3 Å². The first-order valence-corrected chi connectivity index (χ1v) is 9.56. The largest absolute Gasteiger partial charge is 0.353 e. The molecule has 138 valence electrons. The summed E-state index contributed by atoms with van der Waals surface area (Å²) in [6.07, 6.45) is 2.64. The van der Waals surface area contributed by atoms with E-state index in [9.17, 15) is 9.59 Å². The van der Waals surface area contributed by atoms with E-state index in [-0.39, 0.29) is 30.3 Å². The molecule has 7 heteroatoms. The van der Waals surface area contributed by atoms with E-state index in [0.717, 1.165) is 16.3 Å². The van der Waals surface area contributed by atoms with Gasteiger partial charge in [0.1, 0.15) is 12.6 Å². The highest BCUT2D eigenvalue weighted by Gasteiger charge is 2.35. The van der Waals surface area contributed by atoms with Gasteiger partial charge in [0.25, 0.3) is 5.91 Å². The van der Waals surface area contributed by atoms with E-state index in [0.29, 0.717) is 6.42 Å². The van der Waals surface area contributed by atoms with Gasteiger partial charge in [-0.2, -0.15) is 5.10 Å². The molecule has 0 aliphatic carbocycles. The van der Waals surface area contributed by atoms with Crippen LogP contribution in [-0.2, 0) is 16.6 Å². The standard InChI is InChI=1S/C19H24N4O2S/c1-13(2)19(25)22(4)12-18(24)23-16(15-7-5-9-21(15)3)11-14(20-23)17-8-6-10-26-17/h5-10,13,16H,11-12H2,1-4H3. The molecule has 1 aliphatic rings. The highest BCUT2D eigenvalue weighted by atomic mass is 32.1. The summed E-state index contributed by atoms with van der Waals surface area (Å²) in [5.74, 6) is -0.352. The van der Waals surface area contributed by atoms with E-state index >= 15 is 0 Å². The summed E-state index contributed by atoms with van der Waals surface area (Å²) < 4.78 is 2.01. The molecular weight excluding hydrogens is 348 g/mol. The van der Waals surface area contributed by atoms with Crippen LogP contribution < -0.4 is 0 Å². The Kier molecular flexibility index (Phi) is 5.27. The average Bonchev–Trinajstić information content (AvgIpc) is 3.33. The van der Waals surface area contributed by atoms with Crippen LogP contribution in [0.3, 0.4) is 0 Å². The predicted octanol–water partition coefficient (Wildman–Crippen LogP) is 2.88. The molecule has 0 aromatic carbocycles. The lowest BCUT2D eigenvalue weighted by Gasteiger charge is -2.25. The van der Waals surface area contributed by atoms with E-state index < -0.39 is 0 Å². The number of aryl methyl sites for hydroxylation is 1. The molecule has 0 N–H and O–H groups in total. The summed E-state index contributed by atoms with van der Waals surface area (Å²) >= 11 is 1.62. The minimum Gasteiger partial charge on any atom is -0.353 e. The smallest absolute Gasteiger partial charge is 0.262 e. The van der Waals surface area contributed by atoms with Crippen molar-refractivity contribution in [1.82, 2.24) is 14.5 Å². The second-order valence-electron chi connectivity index (χ2n) is 6.88. The number of nitrogens with zero attached hydrogens (tertiary/aromatic N) is 4. The fraction of sp³-hybridized carbons (Fsp3) is 0.421. The van der Waals surface area contributed by atoms with Crippen LogP contribution in [0.4, 0.5) is 0 Å². The first-order chi connectivity index (χ1) is 12.4. The van der Waals surface area contributed by atoms with Gasteiger partial charge in [-0.15, -0.1) is 11.3 Å². The fourth-order valence-corrected chi connectivity index (χ4v) is 3.90. The molecular formula is C19H24N4O2S. The number of likely N-dealkylation sites (N-methyl/N-ethyl adjacent to an activating group) is 1. The maximum Gasteiger partial charge on any atom is 0.262 e. The number of hydrogen-bond donors (Lipinski definition) is 0. The molecule has 6 nitrogen and oxygen atoms in total. The van der Waals surface area contributed by atoms with Crippen molar-refractivity contribution in [3.63, 3.8) is 0 Å². The summed E-state index contributed by atoms with van der Waals surface area (Å²) in [5.41, 5.74) is 1.95. The summed E-state index contributed by atoms with van der Waals surface area (Å²) in [6, 6.07) is 7.84. The zero-order valence-electron chi connectivity index (χ0n) is 15.5. The van der Waals surface area contributed by atoms with Gasteiger partial charge in [-0.05, 0) is 23.6 Å². The number of carbonyl (C=O) groups is 2. The second-order valence-corrected chi connectivity index (χ2v) is 7.82. The Bertz CT molecular complexity index is 822. The first-order valence-electron chi connectivity index (χ1n) is 8.68. The van der Waals surface area contributed by atoms with Crippen molar-refractivity contribution < 1.29 is 9.59 Å². The topological polar surface area (TPSA) is 57.9 Å². The Morgan fingerprint density at radius 1 is 1.35 bits per heavy atom. The molecule has 0 fully saturated rings. The number of aromatic nitrogens is 1. The summed E-state index contributed by atoms with van der Waals surface area (Å²) in [5, 5.41) is 8.18. The third-order valence-corrected chi connectivity index (χ3v) is 5.46. The molecule has 0 radical (unpaired) electrons. The van der Waals surface area contributed by atoms with E-state index in [2.05, 4.69) is 5.10 Å². The van der Waals surface area contributed by atoms with Crippen LogP contribution in [-0.4, -0.2) is 45.6 Å². The summed E-state index contributed by atoms with van der Waals surface area (Å²) in [6.45, 7) is 3.69. The number of hydrazone groups is 1. The van der Waals surface area contributed by atoms with Gasteiger partial charge in [0.15, 0.2) is 0 Å². The van der Waals surface area contributed by atoms with Crippen LogP contribution in [0.15, 0.2) is 40.9 Å². The van der Waals surface area contributed by atoms with Crippen molar-refractivity contribution in [2.45, 2.75) is 26.3 Å². The minimum atomic E-state index is -0.167. The zero-order chi connectivity index (χ0) is 18.8. The van der Waals surface area contributed by atoms with Gasteiger partial charge in [0, 0.05) is 38.3 Å². The van der Waals surface area contributed by atoms with Crippen molar-refractivity contribution >= 4 is 28.9 Å². The Balaban J connectivity index is 1.85. The minimum absolute atomic E-state index is 0.0269. The molecule has 0 saturated carbocycles. The quantitative estimate of drug-likeness (QED) is 0.810. The first kappa shape index (κ1) is 18.4. The van der Waals surface area contributed by atoms with E-state index in [1.807, 2.05) is 61.3 Å². The van der Waals surface area contributed by atoms with Crippen molar-refractivity contribution in [1.29, 1.82) is 0 Å². The molecule has 1 atom stereocenters. The van der Waals surface area contributed by atoms with E-state index in [1.165, 1.54) is 4.90 Å². The number of thiophene rings is 1. The van der Waals surface area contributed by atoms with Crippen LogP contribution in [0.1, 0.15) is 36.9 Å². The molecule has 1 aliphatic heterocycles. The van der Waals surface area contributed by atoms with E-state index in [1.54, 1.807) is 23.4 Å². The molecule has 2 aromatic rings. The molecule has 26 heavy (non-hydrogen) atoms. The van der Waals surface area contributed by atoms with Crippen LogP contribution in [0.5, 0.6) is 0 Å². The molecule has 0 bridgehead atoms. The lowest BCUT2D eigenvalue weighted by molar-refractivity contribution is -0.142. The normalized spacial score (nSPS) is 16.9. The van der Waals surface area contributed by atoms with E-state index in [4.69, 9.17) is 0 Å². The van der Waals surface area contributed by atoms with Crippen molar-refractivity contribution in [3.05, 3.63) is 46.4 Å². The third kappa shape index (κ3) is 3.58. The number of rotatable bonds is 5. The third-order valence-electron chi connectivity index (χ3n) is 4.54. The highest BCUT2D eigenvalue weighted by Crippen LogP contribution is 2.33. The van der Waals surface area contributed by atoms with Gasteiger partial charge < -0.3 is 9.47 Å². The van der Waals surface area contributed by atoms with Gasteiger partial charge in [-0.25, -0.2) is 5.01 Å². The zero-order valence-corrected chi connectivity index (χ0v) is 16.4. The number of carbonyl (C=O) groups excluding carboxylic acids is 2. The Morgan fingerprint density at radius 3 is 2.69 bits per heavy atom. The SMILES string of the molecule is CC(C)C(=O)N(C)CC(=O)N1N=C(c2cccs2)CC1c1cccn1C. The number of hydrogen-bond acceptors (Lipinski definition) is 4. The predicted molar refractivity (Wildman–Crippen MR) is 103 cm³/mol. The Morgan fingerprint density at radius 2 is 2.12 bits per heavy atom. The van der Waals surface area contributed by atoms with Crippen LogP contribution in [0.2, 0.25) is 0 Å². The van der Waals surface area contributed by atoms with Gasteiger partial charge >= 0.3 is 0 Å². The molecule has 3 rings (SSSR count). The highest BCUT2D eigenvalue weighted by molar-refractivity contribution is 7.12. The molecule has 2 amide bonds. The average molecular weight is 372 g/mol.